The highest BCUT2D eigenvalue weighted by Crippen LogP contribution is 2.44. The number of hydrogen-bond donors (Lipinski definition) is 1. The van der Waals surface area contributed by atoms with Crippen LogP contribution in [0.3, 0.4) is 0 Å². The first-order chi connectivity index (χ1) is 14.4. The zero-order valence-electron chi connectivity index (χ0n) is 16.7. The van der Waals surface area contributed by atoms with E-state index in [0.717, 1.165) is 24.0 Å². The summed E-state index contributed by atoms with van der Waals surface area (Å²) in [4.78, 5) is 19.3. The Morgan fingerprint density at radius 3 is 2.63 bits per heavy atom. The molecule has 0 aromatic heterocycles. The molecule has 0 radical (unpaired) electrons. The van der Waals surface area contributed by atoms with Crippen LogP contribution in [0, 0.1) is 5.82 Å². The van der Waals surface area contributed by atoms with E-state index >= 15 is 0 Å². The summed E-state index contributed by atoms with van der Waals surface area (Å²) >= 11 is 5.98. The Balaban J connectivity index is 1.88. The van der Waals surface area contributed by atoms with E-state index in [2.05, 4.69) is 4.99 Å². The summed E-state index contributed by atoms with van der Waals surface area (Å²) in [6.45, 7) is 1.41. The summed E-state index contributed by atoms with van der Waals surface area (Å²) in [5.41, 5.74) is 7.02. The van der Waals surface area contributed by atoms with Gasteiger partial charge >= 0.3 is 0 Å². The Labute approximate surface area is 179 Å². The molecule has 2 heterocycles. The average molecular weight is 432 g/mol. The second kappa shape index (κ2) is 8.24. The van der Waals surface area contributed by atoms with Gasteiger partial charge in [-0.05, 0) is 54.7 Å². The maximum Gasteiger partial charge on any atom is 0.261 e. The fourth-order valence-electron chi connectivity index (χ4n) is 3.90. The van der Waals surface area contributed by atoms with Crippen LogP contribution in [-0.2, 0) is 15.1 Å². The minimum Gasteiger partial charge on any atom is -0.491 e. The molecule has 0 bridgehead atoms. The van der Waals surface area contributed by atoms with E-state index in [1.54, 1.807) is 25.2 Å². The highest BCUT2D eigenvalue weighted by molar-refractivity contribution is 6.31. The molecule has 8 heteroatoms. The second-order valence-electron chi connectivity index (χ2n) is 7.45. The van der Waals surface area contributed by atoms with Gasteiger partial charge in [-0.1, -0.05) is 23.7 Å². The van der Waals surface area contributed by atoms with E-state index in [0.29, 0.717) is 37.6 Å². The number of halogens is 2. The number of aliphatic imine (C=N–C) groups is 1. The topological polar surface area (TPSA) is 77.2 Å². The van der Waals surface area contributed by atoms with Crippen LogP contribution < -0.4 is 10.5 Å². The summed E-state index contributed by atoms with van der Waals surface area (Å²) < 4.78 is 25.2. The first-order valence-electron chi connectivity index (χ1n) is 9.86. The number of likely N-dealkylation sites (N-methyl/N-ethyl adjacent to an activating group) is 1. The minimum absolute atomic E-state index is 0.0334. The molecule has 1 spiro atoms. The summed E-state index contributed by atoms with van der Waals surface area (Å²) in [6, 6.07) is 10.1. The lowest BCUT2D eigenvalue weighted by Gasteiger charge is -2.28. The van der Waals surface area contributed by atoms with Crippen LogP contribution in [-0.4, -0.2) is 43.6 Å². The number of fused-ring (bicyclic) bond motifs is 2. The third-order valence-corrected chi connectivity index (χ3v) is 5.84. The SMILES string of the molecule is CN1C(=O)[C@@]2(CCCCOCCOc3ccc(-c4ccc(F)c(Cl)c4)cc32)N=C1N. The smallest absolute Gasteiger partial charge is 0.261 e. The average Bonchev–Trinajstić information content (AvgIpc) is 2.94. The van der Waals surface area contributed by atoms with E-state index in [9.17, 15) is 9.18 Å². The number of hydrogen-bond acceptors (Lipinski definition) is 5. The number of benzene rings is 2. The van der Waals surface area contributed by atoms with E-state index in [4.69, 9.17) is 26.8 Å². The monoisotopic (exact) mass is 431 g/mol. The number of nitrogens with two attached hydrogens (primary N) is 1. The van der Waals surface area contributed by atoms with Crippen LogP contribution in [0.25, 0.3) is 11.1 Å². The molecule has 2 aliphatic heterocycles. The normalized spacial score (nSPS) is 22.3. The molecule has 2 aromatic rings. The minimum atomic E-state index is -1.17. The number of carbonyl (C=O) groups excluding carboxylic acids is 1. The van der Waals surface area contributed by atoms with Crippen molar-refractivity contribution < 1.29 is 18.7 Å². The Bertz CT molecular complexity index is 1010. The third kappa shape index (κ3) is 3.63. The van der Waals surface area contributed by atoms with Gasteiger partial charge in [0, 0.05) is 19.2 Å². The molecule has 0 saturated heterocycles. The first-order valence-corrected chi connectivity index (χ1v) is 10.2. The van der Waals surface area contributed by atoms with Gasteiger partial charge < -0.3 is 15.2 Å². The highest BCUT2D eigenvalue weighted by Gasteiger charge is 2.49. The van der Waals surface area contributed by atoms with Gasteiger partial charge in [0.1, 0.15) is 18.2 Å². The number of carbonyl (C=O) groups is 1. The first kappa shape index (κ1) is 20.6. The van der Waals surface area contributed by atoms with Gasteiger partial charge in [0.05, 0.1) is 11.6 Å². The van der Waals surface area contributed by atoms with E-state index < -0.39 is 11.4 Å². The van der Waals surface area contributed by atoms with Gasteiger partial charge in [0.25, 0.3) is 5.91 Å². The lowest BCUT2D eigenvalue weighted by Crippen LogP contribution is -2.40. The van der Waals surface area contributed by atoms with Crippen molar-refractivity contribution in [2.24, 2.45) is 10.7 Å². The standard InChI is InChI=1S/C22H23ClFN3O3/c1-27-20(28)22(26-21(27)25)8-2-3-9-29-10-11-30-19-7-5-14(12-16(19)22)15-4-6-18(24)17(23)13-15/h4-7,12-13H,2-3,8-11H2,1H3,(H2,25,26)/t22-/m0/s1. The third-order valence-electron chi connectivity index (χ3n) is 5.55. The van der Waals surface area contributed by atoms with Crippen LogP contribution in [0.15, 0.2) is 41.4 Å². The number of guanidine groups is 1. The Morgan fingerprint density at radius 1 is 1.13 bits per heavy atom. The Hall–Kier alpha value is -2.64. The van der Waals surface area contributed by atoms with Crippen molar-refractivity contribution >= 4 is 23.5 Å². The van der Waals surface area contributed by atoms with Gasteiger partial charge in [-0.2, -0.15) is 0 Å². The van der Waals surface area contributed by atoms with E-state index in [1.807, 2.05) is 12.1 Å². The molecule has 1 atom stereocenters. The predicted molar refractivity (Wildman–Crippen MR) is 113 cm³/mol. The maximum atomic E-state index is 13.6. The molecule has 2 aromatic carbocycles. The fourth-order valence-corrected chi connectivity index (χ4v) is 4.09. The quantitative estimate of drug-likeness (QED) is 0.746. The van der Waals surface area contributed by atoms with Gasteiger partial charge in [0.15, 0.2) is 11.5 Å². The second-order valence-corrected chi connectivity index (χ2v) is 7.86. The van der Waals surface area contributed by atoms with Crippen molar-refractivity contribution in [3.05, 3.63) is 52.8 Å². The molecule has 2 N–H and O–H groups in total. The summed E-state index contributed by atoms with van der Waals surface area (Å²) in [7, 11) is 1.62. The zero-order chi connectivity index (χ0) is 21.3. The molecule has 0 fully saturated rings. The molecular formula is C22H23ClFN3O3. The van der Waals surface area contributed by atoms with Crippen molar-refractivity contribution in [3.8, 4) is 16.9 Å². The molecule has 158 valence electrons. The van der Waals surface area contributed by atoms with Gasteiger partial charge in [-0.15, -0.1) is 0 Å². The predicted octanol–water partition coefficient (Wildman–Crippen LogP) is 3.71. The molecule has 1 amide bonds. The highest BCUT2D eigenvalue weighted by atomic mass is 35.5. The van der Waals surface area contributed by atoms with Crippen LogP contribution in [0.1, 0.15) is 24.8 Å². The van der Waals surface area contributed by atoms with Crippen LogP contribution in [0.2, 0.25) is 5.02 Å². The van der Waals surface area contributed by atoms with Crippen LogP contribution >= 0.6 is 11.6 Å². The van der Waals surface area contributed by atoms with Crippen molar-refractivity contribution in [1.29, 1.82) is 0 Å². The van der Waals surface area contributed by atoms with Crippen LogP contribution in [0.4, 0.5) is 4.39 Å². The van der Waals surface area contributed by atoms with Crippen molar-refractivity contribution in [2.45, 2.75) is 24.8 Å². The van der Waals surface area contributed by atoms with Crippen LogP contribution in [0.5, 0.6) is 5.75 Å². The number of amides is 1. The van der Waals surface area contributed by atoms with E-state index in [-0.39, 0.29) is 16.9 Å². The Kier molecular flexibility index (Phi) is 5.66. The van der Waals surface area contributed by atoms with Crippen molar-refractivity contribution in [2.75, 3.05) is 26.9 Å². The molecule has 30 heavy (non-hydrogen) atoms. The maximum absolute atomic E-state index is 13.6. The van der Waals surface area contributed by atoms with Crippen molar-refractivity contribution in [3.63, 3.8) is 0 Å². The number of nitrogens with zero attached hydrogens (tertiary/aromatic N) is 2. The van der Waals surface area contributed by atoms with Crippen molar-refractivity contribution in [1.82, 2.24) is 4.90 Å². The summed E-state index contributed by atoms with van der Waals surface area (Å²) in [5.74, 6) is 0.0460. The number of rotatable bonds is 1. The summed E-state index contributed by atoms with van der Waals surface area (Å²) in [6.07, 6.45) is 2.02. The Morgan fingerprint density at radius 2 is 1.90 bits per heavy atom. The molecule has 6 nitrogen and oxygen atoms in total. The van der Waals surface area contributed by atoms with Gasteiger partial charge in [0.2, 0.25) is 0 Å². The summed E-state index contributed by atoms with van der Waals surface area (Å²) in [5, 5.41) is 0.0334. The zero-order valence-corrected chi connectivity index (χ0v) is 17.4. The molecule has 0 aliphatic carbocycles. The molecule has 0 unspecified atom stereocenters. The lowest BCUT2D eigenvalue weighted by molar-refractivity contribution is -0.131. The van der Waals surface area contributed by atoms with Gasteiger partial charge in [-0.3, -0.25) is 9.69 Å². The number of ether oxygens (including phenoxy) is 2. The molecule has 4 rings (SSSR count). The molecule has 2 aliphatic rings. The fraction of sp³-hybridized carbons (Fsp3) is 0.364. The van der Waals surface area contributed by atoms with Gasteiger partial charge in [-0.25, -0.2) is 9.38 Å². The lowest BCUT2D eigenvalue weighted by atomic mass is 9.83. The molecule has 0 saturated carbocycles. The van der Waals surface area contributed by atoms with E-state index in [1.165, 1.54) is 11.0 Å². The molecular weight excluding hydrogens is 409 g/mol. The largest absolute Gasteiger partial charge is 0.491 e.